The van der Waals surface area contributed by atoms with Crippen molar-refractivity contribution in [2.75, 3.05) is 0 Å². The molecular formula is C42H24S. The number of benzene rings is 9. The predicted molar refractivity (Wildman–Crippen MR) is 189 cm³/mol. The van der Waals surface area contributed by atoms with E-state index in [0.29, 0.717) is 0 Å². The van der Waals surface area contributed by atoms with Crippen LogP contribution in [0.5, 0.6) is 0 Å². The zero-order chi connectivity index (χ0) is 28.1. The van der Waals surface area contributed by atoms with Gasteiger partial charge in [-0.15, -0.1) is 11.3 Å². The molecule has 0 amide bonds. The van der Waals surface area contributed by atoms with Gasteiger partial charge in [-0.05, 0) is 100 Å². The molecule has 0 saturated carbocycles. The highest BCUT2D eigenvalue weighted by molar-refractivity contribution is 7.26. The molecule has 1 heteroatoms. The van der Waals surface area contributed by atoms with E-state index >= 15 is 0 Å². The molecule has 10 rings (SSSR count). The van der Waals surface area contributed by atoms with Gasteiger partial charge in [0.2, 0.25) is 0 Å². The second kappa shape index (κ2) is 8.64. The molecule has 0 fully saturated rings. The van der Waals surface area contributed by atoms with Crippen LogP contribution in [0.4, 0.5) is 0 Å². The molecule has 1 aromatic heterocycles. The van der Waals surface area contributed by atoms with Crippen LogP contribution in [0, 0.1) is 0 Å². The van der Waals surface area contributed by atoms with Crippen molar-refractivity contribution in [3.05, 3.63) is 146 Å². The quantitative estimate of drug-likeness (QED) is 0.184. The third kappa shape index (κ3) is 3.31. The van der Waals surface area contributed by atoms with Gasteiger partial charge in [-0.3, -0.25) is 0 Å². The molecule has 198 valence electrons. The van der Waals surface area contributed by atoms with Crippen LogP contribution in [0.25, 0.3) is 96.3 Å². The fourth-order valence-corrected chi connectivity index (χ4v) is 8.64. The van der Waals surface area contributed by atoms with Gasteiger partial charge in [0.05, 0.1) is 0 Å². The van der Waals surface area contributed by atoms with E-state index in [4.69, 9.17) is 0 Å². The first kappa shape index (κ1) is 23.3. The molecule has 0 aliphatic heterocycles. The Morgan fingerprint density at radius 2 is 0.953 bits per heavy atom. The first-order chi connectivity index (χ1) is 21.3. The van der Waals surface area contributed by atoms with Gasteiger partial charge in [0.1, 0.15) is 0 Å². The van der Waals surface area contributed by atoms with Crippen LogP contribution in [-0.2, 0) is 0 Å². The Hall–Kier alpha value is -5.24. The summed E-state index contributed by atoms with van der Waals surface area (Å²) in [6, 6.07) is 54.3. The van der Waals surface area contributed by atoms with Gasteiger partial charge in [0, 0.05) is 20.2 Å². The maximum atomic E-state index is 2.41. The Morgan fingerprint density at radius 1 is 0.326 bits per heavy atom. The maximum absolute atomic E-state index is 2.41. The zero-order valence-electron chi connectivity index (χ0n) is 23.3. The van der Waals surface area contributed by atoms with Crippen LogP contribution in [0.1, 0.15) is 0 Å². The van der Waals surface area contributed by atoms with Crippen LogP contribution >= 0.6 is 11.3 Å². The molecule has 0 unspecified atom stereocenters. The standard InChI is InChI=1S/C42H24S/c1-2-8-32-26(6-1)18-21-36-34-9-3-4-10-35(34)37(24-38(32)36)30-17-13-25-12-16-29(22-31(25)23-30)33-20-19-28-15-14-27-7-5-11-39-40(27)41(28)42(33)43-39/h1-24H. The summed E-state index contributed by atoms with van der Waals surface area (Å²) in [5, 5.41) is 15.8. The number of rotatable bonds is 2. The van der Waals surface area contributed by atoms with E-state index in [1.807, 2.05) is 11.3 Å². The van der Waals surface area contributed by atoms with Gasteiger partial charge in [-0.2, -0.15) is 0 Å². The summed E-state index contributed by atoms with van der Waals surface area (Å²) in [7, 11) is 0. The molecule has 0 spiro atoms. The van der Waals surface area contributed by atoms with E-state index in [-0.39, 0.29) is 0 Å². The summed E-state index contributed by atoms with van der Waals surface area (Å²) in [5.41, 5.74) is 5.12. The summed E-state index contributed by atoms with van der Waals surface area (Å²) >= 11 is 1.92. The van der Waals surface area contributed by atoms with E-state index in [2.05, 4.69) is 146 Å². The Morgan fingerprint density at radius 3 is 1.81 bits per heavy atom. The molecule has 0 bridgehead atoms. The lowest BCUT2D eigenvalue weighted by Crippen LogP contribution is -1.87. The van der Waals surface area contributed by atoms with Crippen LogP contribution in [0.3, 0.4) is 0 Å². The molecule has 10 aromatic rings. The molecule has 1 heterocycles. The van der Waals surface area contributed by atoms with Crippen LogP contribution in [-0.4, -0.2) is 0 Å². The zero-order valence-corrected chi connectivity index (χ0v) is 24.1. The van der Waals surface area contributed by atoms with Crippen LogP contribution < -0.4 is 0 Å². The molecule has 0 saturated heterocycles. The van der Waals surface area contributed by atoms with E-state index < -0.39 is 0 Å². The normalized spacial score (nSPS) is 12.2. The van der Waals surface area contributed by atoms with Crippen LogP contribution in [0.15, 0.2) is 146 Å². The molecule has 0 atom stereocenters. The summed E-state index contributed by atoms with van der Waals surface area (Å²) in [4.78, 5) is 0. The minimum atomic E-state index is 1.25. The Kier molecular flexibility index (Phi) is 4.69. The highest BCUT2D eigenvalue weighted by atomic mass is 32.1. The number of fused-ring (bicyclic) bond motifs is 6. The average Bonchev–Trinajstić information content (AvgIpc) is 3.47. The van der Waals surface area contributed by atoms with E-state index in [0.717, 1.165) is 0 Å². The lowest BCUT2D eigenvalue weighted by Gasteiger charge is -2.14. The third-order valence-electron chi connectivity index (χ3n) is 9.38. The minimum Gasteiger partial charge on any atom is -0.134 e. The average molecular weight is 561 g/mol. The number of hydrogen-bond acceptors (Lipinski definition) is 1. The van der Waals surface area contributed by atoms with Gasteiger partial charge < -0.3 is 0 Å². The molecule has 0 aliphatic carbocycles. The van der Waals surface area contributed by atoms with E-state index in [1.54, 1.807) is 0 Å². The van der Waals surface area contributed by atoms with Crippen molar-refractivity contribution in [2.24, 2.45) is 0 Å². The second-order valence-electron chi connectivity index (χ2n) is 11.7. The Balaban J connectivity index is 1.21. The van der Waals surface area contributed by atoms with Crippen molar-refractivity contribution in [1.29, 1.82) is 0 Å². The van der Waals surface area contributed by atoms with Gasteiger partial charge >= 0.3 is 0 Å². The second-order valence-corrected chi connectivity index (χ2v) is 12.7. The molecule has 43 heavy (non-hydrogen) atoms. The first-order valence-electron chi connectivity index (χ1n) is 14.8. The fraction of sp³-hybridized carbons (Fsp3) is 0. The monoisotopic (exact) mass is 560 g/mol. The minimum absolute atomic E-state index is 1.25. The molecule has 0 radical (unpaired) electrons. The van der Waals surface area contributed by atoms with Crippen molar-refractivity contribution in [1.82, 2.24) is 0 Å². The molecule has 0 nitrogen and oxygen atoms in total. The summed E-state index contributed by atoms with van der Waals surface area (Å²) in [6.07, 6.45) is 0. The van der Waals surface area contributed by atoms with E-state index in [9.17, 15) is 0 Å². The fourth-order valence-electron chi connectivity index (χ4n) is 7.34. The topological polar surface area (TPSA) is 0 Å². The van der Waals surface area contributed by atoms with Gasteiger partial charge in [0.25, 0.3) is 0 Å². The Bertz CT molecular complexity index is 2730. The third-order valence-corrected chi connectivity index (χ3v) is 10.6. The van der Waals surface area contributed by atoms with Gasteiger partial charge in [0.15, 0.2) is 0 Å². The summed E-state index contributed by atoms with van der Waals surface area (Å²) < 4.78 is 2.75. The molecule has 9 aromatic carbocycles. The van der Waals surface area contributed by atoms with Crippen LogP contribution in [0.2, 0.25) is 0 Å². The molecule has 0 aliphatic rings. The largest absolute Gasteiger partial charge is 0.134 e. The predicted octanol–water partition coefficient (Wildman–Crippen LogP) is 12.6. The smallest absolute Gasteiger partial charge is 0.0440 e. The highest BCUT2D eigenvalue weighted by Crippen LogP contribution is 2.45. The maximum Gasteiger partial charge on any atom is 0.0440 e. The van der Waals surface area contributed by atoms with Crippen molar-refractivity contribution >= 4 is 85.4 Å². The van der Waals surface area contributed by atoms with Crippen molar-refractivity contribution in [3.63, 3.8) is 0 Å². The van der Waals surface area contributed by atoms with Crippen molar-refractivity contribution < 1.29 is 0 Å². The van der Waals surface area contributed by atoms with Crippen molar-refractivity contribution in [3.8, 4) is 22.3 Å². The number of hydrogen-bond donors (Lipinski definition) is 0. The Labute approximate surface area is 252 Å². The summed E-state index contributed by atoms with van der Waals surface area (Å²) in [6.45, 7) is 0. The lowest BCUT2D eigenvalue weighted by atomic mass is 9.90. The molecule has 0 N–H and O–H groups in total. The molecular weight excluding hydrogens is 537 g/mol. The van der Waals surface area contributed by atoms with Gasteiger partial charge in [-0.25, -0.2) is 0 Å². The first-order valence-corrected chi connectivity index (χ1v) is 15.7. The van der Waals surface area contributed by atoms with E-state index in [1.165, 1.54) is 96.3 Å². The van der Waals surface area contributed by atoms with Crippen molar-refractivity contribution in [2.45, 2.75) is 0 Å². The summed E-state index contributed by atoms with van der Waals surface area (Å²) in [5.74, 6) is 0. The highest BCUT2D eigenvalue weighted by Gasteiger charge is 2.16. The SMILES string of the molecule is c1ccc2c(c1)ccc1c3ccccc3c(-c3ccc4ccc(-c5ccc6ccc7cccc8sc5c6c78)cc4c3)cc21. The van der Waals surface area contributed by atoms with Gasteiger partial charge in [-0.1, -0.05) is 121 Å². The lowest BCUT2D eigenvalue weighted by molar-refractivity contribution is 1.69. The number of thiophene rings is 1.